The van der Waals surface area contributed by atoms with Crippen molar-refractivity contribution in [1.29, 1.82) is 0 Å². The Morgan fingerprint density at radius 2 is 1.49 bits per heavy atom. The highest BCUT2D eigenvalue weighted by Crippen LogP contribution is 2.50. The highest BCUT2D eigenvalue weighted by molar-refractivity contribution is 8.00. The Kier molecular flexibility index (Phi) is 14.4. The maximum absolute atomic E-state index is 14.5. The third-order valence-electron chi connectivity index (χ3n) is 7.62. The minimum absolute atomic E-state index is 0. The zero-order valence-electron chi connectivity index (χ0n) is 28.7. The van der Waals surface area contributed by atoms with Gasteiger partial charge in [0.05, 0.1) is 37.8 Å². The van der Waals surface area contributed by atoms with E-state index in [4.69, 9.17) is 29.2 Å². The van der Waals surface area contributed by atoms with Gasteiger partial charge in [0.1, 0.15) is 5.75 Å². The summed E-state index contributed by atoms with van der Waals surface area (Å²) in [4.78, 5) is 52.0. The smallest absolute Gasteiger partial charge is 0.339 e. The summed E-state index contributed by atoms with van der Waals surface area (Å²) in [6, 6.07) is 24.5. The molecule has 0 aromatic heterocycles. The Hall–Kier alpha value is -5.57. The zero-order chi connectivity index (χ0) is 36.4. The minimum Gasteiger partial charge on any atom is -0.497 e. The van der Waals surface area contributed by atoms with E-state index < -0.39 is 29.3 Å². The van der Waals surface area contributed by atoms with Crippen LogP contribution in [0.3, 0.4) is 0 Å². The molecule has 1 aliphatic rings. The topological polar surface area (TPSA) is 184 Å². The number of likely N-dealkylation sites (N-methyl/N-ethyl adjacent to an activating group) is 1. The summed E-state index contributed by atoms with van der Waals surface area (Å²) in [6.45, 7) is 1.06. The molecule has 0 spiro atoms. The summed E-state index contributed by atoms with van der Waals surface area (Å²) in [7, 11) is 8.57. The monoisotopic (exact) mass is 720 g/mol. The number of hydrogen-bond donors (Lipinski definition) is 2. The number of fused-ring (bicyclic) bond motifs is 3. The maximum Gasteiger partial charge on any atom is 0.339 e. The summed E-state index contributed by atoms with van der Waals surface area (Å²) >= 11 is 1.54. The number of thioether (sulfide) groups is 1. The van der Waals surface area contributed by atoms with Crippen molar-refractivity contribution in [3.8, 4) is 17.2 Å². The van der Waals surface area contributed by atoms with Crippen molar-refractivity contribution in [3.63, 3.8) is 0 Å². The molecule has 14 heteroatoms. The van der Waals surface area contributed by atoms with E-state index >= 15 is 0 Å². The SMILES string of the molecule is COc1ccc([C@@H]2Sc3c(ccc4ccccc34)N(CCN(C)C)C(=O)[C@@H]2OC(=O)c2ccc(OC)c(OC)c2)cc1.O.O=C(O)/C=C/C(=O)O. The fourth-order valence-electron chi connectivity index (χ4n) is 5.13. The molecule has 0 saturated carbocycles. The molecule has 13 nitrogen and oxygen atoms in total. The maximum atomic E-state index is 14.5. The van der Waals surface area contributed by atoms with Crippen LogP contribution in [0.4, 0.5) is 5.69 Å². The summed E-state index contributed by atoms with van der Waals surface area (Å²) in [5.74, 6) is -1.85. The average Bonchev–Trinajstić information content (AvgIpc) is 3.23. The van der Waals surface area contributed by atoms with Crippen LogP contribution in [0.15, 0.2) is 95.9 Å². The van der Waals surface area contributed by atoms with Crippen LogP contribution in [0.5, 0.6) is 17.2 Å². The van der Waals surface area contributed by atoms with Gasteiger partial charge in [-0.3, -0.25) is 4.79 Å². The van der Waals surface area contributed by atoms with E-state index in [2.05, 4.69) is 12.1 Å². The quantitative estimate of drug-likeness (QED) is 0.161. The number of carbonyl (C=O) groups is 4. The molecule has 270 valence electrons. The van der Waals surface area contributed by atoms with Gasteiger partial charge in [0.25, 0.3) is 5.91 Å². The molecule has 1 aliphatic heterocycles. The lowest BCUT2D eigenvalue weighted by Crippen LogP contribution is -2.45. The number of nitrogens with zero attached hydrogens (tertiary/aromatic N) is 2. The molecule has 1 heterocycles. The van der Waals surface area contributed by atoms with Gasteiger partial charge in [-0.1, -0.05) is 42.5 Å². The van der Waals surface area contributed by atoms with Gasteiger partial charge in [-0.25, -0.2) is 14.4 Å². The number of benzene rings is 4. The summed E-state index contributed by atoms with van der Waals surface area (Å²) in [6.07, 6.45) is 0.00214. The Morgan fingerprint density at radius 1 is 0.843 bits per heavy atom. The zero-order valence-corrected chi connectivity index (χ0v) is 29.5. The van der Waals surface area contributed by atoms with Crippen LogP contribution in [0, 0.1) is 0 Å². The lowest BCUT2D eigenvalue weighted by Gasteiger charge is -2.29. The fraction of sp³-hybridized carbons (Fsp3) is 0.243. The van der Waals surface area contributed by atoms with Gasteiger partial charge < -0.3 is 44.4 Å². The molecule has 4 aromatic carbocycles. The van der Waals surface area contributed by atoms with E-state index in [9.17, 15) is 19.2 Å². The summed E-state index contributed by atoms with van der Waals surface area (Å²) in [5.41, 5.74) is 1.90. The van der Waals surface area contributed by atoms with Crippen LogP contribution < -0.4 is 19.1 Å². The van der Waals surface area contributed by atoms with Gasteiger partial charge in [-0.2, -0.15) is 0 Å². The number of rotatable bonds is 11. The van der Waals surface area contributed by atoms with E-state index in [1.165, 1.54) is 26.0 Å². The molecule has 0 radical (unpaired) electrons. The van der Waals surface area contributed by atoms with Gasteiger partial charge >= 0.3 is 17.9 Å². The summed E-state index contributed by atoms with van der Waals surface area (Å²) in [5, 5.41) is 17.2. The molecule has 2 atom stereocenters. The van der Waals surface area contributed by atoms with Gasteiger partial charge in [0, 0.05) is 30.1 Å². The first kappa shape index (κ1) is 39.9. The van der Waals surface area contributed by atoms with Crippen molar-refractivity contribution in [1.82, 2.24) is 4.90 Å². The number of aliphatic carboxylic acids is 2. The van der Waals surface area contributed by atoms with Crippen molar-refractivity contribution in [3.05, 3.63) is 102 Å². The van der Waals surface area contributed by atoms with E-state index in [0.717, 1.165) is 26.9 Å². The van der Waals surface area contributed by atoms with Gasteiger partial charge in [-0.15, -0.1) is 11.8 Å². The number of amides is 1. The van der Waals surface area contributed by atoms with Crippen LogP contribution in [-0.4, -0.2) is 99.0 Å². The summed E-state index contributed by atoms with van der Waals surface area (Å²) < 4.78 is 22.3. The van der Waals surface area contributed by atoms with Crippen LogP contribution in [0.25, 0.3) is 10.8 Å². The largest absolute Gasteiger partial charge is 0.497 e. The molecule has 0 unspecified atom stereocenters. The normalized spacial score (nSPS) is 15.2. The molecule has 5 rings (SSSR count). The number of hydrogen-bond acceptors (Lipinski definition) is 10. The Balaban J connectivity index is 0.000000699. The number of esters is 1. The molecule has 4 N–H and O–H groups in total. The Bertz CT molecular complexity index is 1860. The van der Waals surface area contributed by atoms with Crippen LogP contribution in [-0.2, 0) is 19.1 Å². The second kappa shape index (κ2) is 18.4. The predicted octanol–water partition coefficient (Wildman–Crippen LogP) is 4.72. The highest BCUT2D eigenvalue weighted by atomic mass is 32.2. The molecule has 0 aliphatic carbocycles. The number of carboxylic acid groups (broad SMARTS) is 2. The first-order valence-corrected chi connectivity index (χ1v) is 16.2. The van der Waals surface area contributed by atoms with Gasteiger partial charge in [0.2, 0.25) is 0 Å². The minimum atomic E-state index is -1.26. The average molecular weight is 721 g/mol. The third-order valence-corrected chi connectivity index (χ3v) is 9.05. The molecule has 51 heavy (non-hydrogen) atoms. The van der Waals surface area contributed by atoms with Gasteiger partial charge in [0.15, 0.2) is 17.6 Å². The van der Waals surface area contributed by atoms with E-state index in [1.807, 2.05) is 67.5 Å². The molecule has 0 bridgehead atoms. The standard InChI is InChI=1S/C33H34N2O6S.C4H4O4.H2O/c1-34(2)18-19-35-26-16-12-21-8-6-7-9-25(21)31(26)42-30(22-10-14-24(38-3)15-11-22)29(32(35)36)41-33(37)23-13-17-27(39-4)28(20-23)40-5;5-3(6)1-2-4(7)8;/h6-17,20,29-30H,18-19H2,1-5H3;1-2H,(H,5,6)(H,7,8);1H2/b;2-1+;/t29-,30+;;/m1../s1. The van der Waals surface area contributed by atoms with Crippen molar-refractivity contribution in [2.45, 2.75) is 16.2 Å². The van der Waals surface area contributed by atoms with Crippen LogP contribution in [0.1, 0.15) is 21.2 Å². The van der Waals surface area contributed by atoms with Crippen LogP contribution in [0.2, 0.25) is 0 Å². The second-order valence-electron chi connectivity index (χ2n) is 11.1. The highest BCUT2D eigenvalue weighted by Gasteiger charge is 2.42. The molecule has 1 amide bonds. The number of methoxy groups -OCH3 is 3. The molecular weight excluding hydrogens is 680 g/mol. The predicted molar refractivity (Wildman–Crippen MR) is 193 cm³/mol. The first-order chi connectivity index (χ1) is 24.0. The first-order valence-electron chi connectivity index (χ1n) is 15.3. The number of carbonyl (C=O) groups excluding carboxylic acids is 2. The fourth-order valence-corrected chi connectivity index (χ4v) is 6.58. The third kappa shape index (κ3) is 10.0. The van der Waals surface area contributed by atoms with E-state index in [1.54, 1.807) is 30.2 Å². The van der Waals surface area contributed by atoms with Crippen molar-refractivity contribution < 1.29 is 53.8 Å². The molecular formula is C37H40N2O11S. The number of anilines is 1. The molecule has 0 saturated heterocycles. The van der Waals surface area contributed by atoms with E-state index in [-0.39, 0.29) is 16.9 Å². The number of carboxylic acids is 2. The Morgan fingerprint density at radius 3 is 2.08 bits per heavy atom. The molecule has 0 fully saturated rings. The van der Waals surface area contributed by atoms with E-state index in [0.29, 0.717) is 42.5 Å². The number of ether oxygens (including phenoxy) is 4. The van der Waals surface area contributed by atoms with Crippen molar-refractivity contribution >= 4 is 52.0 Å². The van der Waals surface area contributed by atoms with Crippen molar-refractivity contribution in [2.24, 2.45) is 0 Å². The van der Waals surface area contributed by atoms with Crippen molar-refractivity contribution in [2.75, 3.05) is 53.4 Å². The molecule has 4 aromatic rings. The second-order valence-corrected chi connectivity index (χ2v) is 12.3. The Labute approximate surface area is 299 Å². The lowest BCUT2D eigenvalue weighted by atomic mass is 10.0. The van der Waals surface area contributed by atoms with Crippen LogP contribution >= 0.6 is 11.8 Å². The van der Waals surface area contributed by atoms with Gasteiger partial charge in [-0.05, 0) is 66.8 Å². The lowest BCUT2D eigenvalue weighted by molar-refractivity contribution is -0.134.